The van der Waals surface area contributed by atoms with Crippen molar-refractivity contribution in [2.45, 2.75) is 12.3 Å². The van der Waals surface area contributed by atoms with Crippen molar-refractivity contribution in [2.24, 2.45) is 0 Å². The highest BCUT2D eigenvalue weighted by Gasteiger charge is 2.25. The van der Waals surface area contributed by atoms with Crippen LogP contribution in [0.1, 0.15) is 34.0 Å². The van der Waals surface area contributed by atoms with Gasteiger partial charge in [-0.25, -0.2) is 0 Å². The molecule has 140 valence electrons. The van der Waals surface area contributed by atoms with Gasteiger partial charge in [0.2, 0.25) is 5.78 Å². The van der Waals surface area contributed by atoms with Crippen LogP contribution in [0.15, 0.2) is 73.1 Å². The van der Waals surface area contributed by atoms with Crippen LogP contribution in [-0.4, -0.2) is 10.8 Å². The molecule has 0 saturated carbocycles. The predicted octanol–water partition coefficient (Wildman–Crippen LogP) is 5.51. The lowest BCUT2D eigenvalue weighted by Crippen LogP contribution is -2.34. The standard InChI is InChI=1S/C22H16Cl2N2O2/c23-15-6-4-14(5-7-15)17(12-22(27)21-3-1-2-10-26(21)28)19-13-25-20-9-8-16(24)11-18(19)20/h1-11,13,17,25H,12H2/t17-/m1/s1. The lowest BCUT2D eigenvalue weighted by molar-refractivity contribution is -0.607. The van der Waals surface area contributed by atoms with Gasteiger partial charge >= 0.3 is 0 Å². The molecule has 4 aromatic rings. The average molecular weight is 411 g/mol. The first-order valence-electron chi connectivity index (χ1n) is 8.76. The Labute approximate surface area is 171 Å². The minimum Gasteiger partial charge on any atom is -0.618 e. The maximum absolute atomic E-state index is 12.9. The predicted molar refractivity (Wildman–Crippen MR) is 111 cm³/mol. The summed E-state index contributed by atoms with van der Waals surface area (Å²) in [6.45, 7) is 0. The quantitative estimate of drug-likeness (QED) is 0.267. The number of hydrogen-bond acceptors (Lipinski definition) is 2. The van der Waals surface area contributed by atoms with Crippen LogP contribution in [0.4, 0.5) is 0 Å². The third kappa shape index (κ3) is 3.61. The first kappa shape index (κ1) is 18.5. The number of aromatic amines is 1. The number of benzene rings is 2. The van der Waals surface area contributed by atoms with Crippen molar-refractivity contribution < 1.29 is 9.52 Å². The summed E-state index contributed by atoms with van der Waals surface area (Å²) in [5.41, 5.74) is 2.94. The molecule has 1 atom stereocenters. The van der Waals surface area contributed by atoms with E-state index >= 15 is 0 Å². The van der Waals surface area contributed by atoms with Gasteiger partial charge < -0.3 is 10.2 Å². The summed E-state index contributed by atoms with van der Waals surface area (Å²) in [6, 6.07) is 17.8. The maximum atomic E-state index is 12.9. The molecule has 0 aliphatic carbocycles. The van der Waals surface area contributed by atoms with E-state index in [1.165, 1.54) is 6.20 Å². The van der Waals surface area contributed by atoms with E-state index in [4.69, 9.17) is 23.2 Å². The molecular weight excluding hydrogens is 395 g/mol. The van der Waals surface area contributed by atoms with E-state index in [0.29, 0.717) is 14.8 Å². The number of Topliss-reactive ketones (excluding diaryl/α,β-unsaturated/α-hetero) is 1. The summed E-state index contributed by atoms with van der Waals surface area (Å²) in [5.74, 6) is -0.482. The molecule has 2 aromatic carbocycles. The second-order valence-corrected chi connectivity index (χ2v) is 7.45. The van der Waals surface area contributed by atoms with Crippen LogP contribution in [0.5, 0.6) is 0 Å². The summed E-state index contributed by atoms with van der Waals surface area (Å²) in [4.78, 5) is 16.2. The molecule has 0 saturated heterocycles. The minimum absolute atomic E-state index is 0.124. The van der Waals surface area contributed by atoms with Gasteiger partial charge in [-0.1, -0.05) is 35.3 Å². The Kier molecular flexibility index (Phi) is 5.07. The summed E-state index contributed by atoms with van der Waals surface area (Å²) < 4.78 is 0.605. The molecule has 2 aromatic heterocycles. The Morgan fingerprint density at radius 2 is 1.79 bits per heavy atom. The number of hydrogen-bond donors (Lipinski definition) is 1. The summed E-state index contributed by atoms with van der Waals surface area (Å²) in [6.07, 6.45) is 3.37. The topological polar surface area (TPSA) is 59.8 Å². The molecule has 0 aliphatic heterocycles. The molecule has 0 aliphatic rings. The van der Waals surface area contributed by atoms with E-state index in [1.807, 2.05) is 36.5 Å². The number of fused-ring (bicyclic) bond motifs is 1. The number of H-pyrrole nitrogens is 1. The third-order valence-corrected chi connectivity index (χ3v) is 5.31. The monoisotopic (exact) mass is 410 g/mol. The molecule has 28 heavy (non-hydrogen) atoms. The van der Waals surface area contributed by atoms with Gasteiger partial charge in [-0.3, -0.25) is 4.79 Å². The molecule has 6 heteroatoms. The van der Waals surface area contributed by atoms with Crippen molar-refractivity contribution >= 4 is 39.9 Å². The number of halogens is 2. The highest BCUT2D eigenvalue weighted by molar-refractivity contribution is 6.31. The van der Waals surface area contributed by atoms with Gasteiger partial charge in [0, 0.05) is 51.6 Å². The van der Waals surface area contributed by atoms with E-state index < -0.39 is 0 Å². The zero-order valence-corrected chi connectivity index (χ0v) is 16.2. The fourth-order valence-corrected chi connectivity index (χ4v) is 3.74. The maximum Gasteiger partial charge on any atom is 0.259 e. The first-order valence-corrected chi connectivity index (χ1v) is 9.52. The molecule has 4 nitrogen and oxygen atoms in total. The van der Waals surface area contributed by atoms with Crippen LogP contribution in [0.2, 0.25) is 10.0 Å². The Morgan fingerprint density at radius 3 is 2.54 bits per heavy atom. The Hall–Kier alpha value is -2.82. The van der Waals surface area contributed by atoms with Crippen molar-refractivity contribution in [1.29, 1.82) is 0 Å². The van der Waals surface area contributed by atoms with E-state index in [2.05, 4.69) is 4.98 Å². The lowest BCUT2D eigenvalue weighted by Gasteiger charge is -2.17. The highest BCUT2D eigenvalue weighted by atomic mass is 35.5. The SMILES string of the molecule is O=C(C[C@H](c1ccc(Cl)cc1)c1c[nH]c2ccc(Cl)cc12)c1cccc[n+]1[O-]. The molecule has 0 unspecified atom stereocenters. The molecule has 0 bridgehead atoms. The number of carbonyl (C=O) groups excluding carboxylic acids is 1. The van der Waals surface area contributed by atoms with Crippen molar-refractivity contribution in [3.63, 3.8) is 0 Å². The molecule has 0 amide bonds. The summed E-state index contributed by atoms with van der Waals surface area (Å²) in [7, 11) is 0. The second kappa shape index (κ2) is 7.66. The summed E-state index contributed by atoms with van der Waals surface area (Å²) >= 11 is 12.2. The van der Waals surface area contributed by atoms with Crippen LogP contribution in [0.3, 0.4) is 0 Å². The van der Waals surface area contributed by atoms with Crippen LogP contribution >= 0.6 is 23.2 Å². The van der Waals surface area contributed by atoms with Crippen LogP contribution in [0.25, 0.3) is 10.9 Å². The van der Waals surface area contributed by atoms with E-state index in [0.717, 1.165) is 22.0 Å². The fourth-order valence-electron chi connectivity index (χ4n) is 3.44. The van der Waals surface area contributed by atoms with Crippen LogP contribution in [0, 0.1) is 5.21 Å². The van der Waals surface area contributed by atoms with Crippen LogP contribution < -0.4 is 4.73 Å². The minimum atomic E-state index is -0.253. The van der Waals surface area contributed by atoms with Gasteiger partial charge in [0.25, 0.3) is 5.69 Å². The van der Waals surface area contributed by atoms with Crippen molar-refractivity contribution in [3.8, 4) is 0 Å². The average Bonchev–Trinajstić information content (AvgIpc) is 3.10. The van der Waals surface area contributed by atoms with E-state index in [-0.39, 0.29) is 23.8 Å². The van der Waals surface area contributed by atoms with Gasteiger partial charge in [-0.2, -0.15) is 4.73 Å². The van der Waals surface area contributed by atoms with Gasteiger partial charge in [-0.15, -0.1) is 0 Å². The van der Waals surface area contributed by atoms with E-state index in [1.54, 1.807) is 30.3 Å². The molecule has 1 N–H and O–H groups in total. The number of nitrogens with one attached hydrogen (secondary N) is 1. The first-order chi connectivity index (χ1) is 13.5. The highest BCUT2D eigenvalue weighted by Crippen LogP contribution is 2.35. The van der Waals surface area contributed by atoms with Gasteiger partial charge in [0.15, 0.2) is 6.20 Å². The second-order valence-electron chi connectivity index (χ2n) is 6.58. The number of aromatic nitrogens is 2. The molecule has 0 spiro atoms. The molecule has 0 fully saturated rings. The fraction of sp³-hybridized carbons (Fsp3) is 0.0909. The normalized spacial score (nSPS) is 12.2. The Morgan fingerprint density at radius 1 is 1.04 bits per heavy atom. The van der Waals surface area contributed by atoms with Gasteiger partial charge in [0.1, 0.15) is 0 Å². The zero-order valence-electron chi connectivity index (χ0n) is 14.7. The van der Waals surface area contributed by atoms with E-state index in [9.17, 15) is 10.0 Å². The number of ketones is 1. The molecular formula is C22H16Cl2N2O2. The smallest absolute Gasteiger partial charge is 0.259 e. The van der Waals surface area contributed by atoms with Gasteiger partial charge in [-0.05, 0) is 47.5 Å². The van der Waals surface area contributed by atoms with Crippen molar-refractivity contribution in [1.82, 2.24) is 4.98 Å². The lowest BCUT2D eigenvalue weighted by atomic mass is 9.86. The number of nitrogens with zero attached hydrogens (tertiary/aromatic N) is 1. The number of pyridine rings is 1. The number of carbonyl (C=O) groups is 1. The van der Waals surface area contributed by atoms with Crippen molar-refractivity contribution in [3.05, 3.63) is 105 Å². The van der Waals surface area contributed by atoms with Crippen molar-refractivity contribution in [2.75, 3.05) is 0 Å². The van der Waals surface area contributed by atoms with Gasteiger partial charge in [0.05, 0.1) is 0 Å². The largest absolute Gasteiger partial charge is 0.618 e. The number of rotatable bonds is 5. The Balaban J connectivity index is 1.80. The Bertz CT molecular complexity index is 1150. The van der Waals surface area contributed by atoms with Crippen LogP contribution in [-0.2, 0) is 0 Å². The third-order valence-electron chi connectivity index (χ3n) is 4.82. The molecule has 2 heterocycles. The summed E-state index contributed by atoms with van der Waals surface area (Å²) in [5, 5.41) is 14.2. The molecule has 0 radical (unpaired) electrons. The zero-order chi connectivity index (χ0) is 19.7. The molecule has 4 rings (SSSR count).